The van der Waals surface area contributed by atoms with Crippen LogP contribution in [0.15, 0.2) is 59.1 Å². The molecule has 142 valence electrons. The summed E-state index contributed by atoms with van der Waals surface area (Å²) in [7, 11) is 3.62. The molecule has 0 aliphatic heterocycles. The molecule has 0 bridgehead atoms. The van der Waals surface area contributed by atoms with Crippen LogP contribution < -0.4 is 4.74 Å². The SMILES string of the molecule is COc1cccc(-c2nc(CSc3nnc(-c4ccccc4Cl)n3C)cs2)c1. The van der Waals surface area contributed by atoms with Gasteiger partial charge in [0.05, 0.1) is 17.8 Å². The van der Waals surface area contributed by atoms with Crippen molar-refractivity contribution in [3.05, 3.63) is 64.6 Å². The second kappa shape index (κ2) is 8.34. The summed E-state index contributed by atoms with van der Waals surface area (Å²) in [5.74, 6) is 2.30. The summed E-state index contributed by atoms with van der Waals surface area (Å²) in [4.78, 5) is 4.74. The highest BCUT2D eigenvalue weighted by atomic mass is 35.5. The monoisotopic (exact) mass is 428 g/mol. The van der Waals surface area contributed by atoms with E-state index in [9.17, 15) is 0 Å². The Morgan fingerprint density at radius 3 is 2.82 bits per heavy atom. The van der Waals surface area contributed by atoms with Gasteiger partial charge in [0.2, 0.25) is 0 Å². The average Bonchev–Trinajstić information content (AvgIpc) is 3.34. The van der Waals surface area contributed by atoms with E-state index in [0.717, 1.165) is 44.3 Å². The lowest BCUT2D eigenvalue weighted by molar-refractivity contribution is 0.415. The van der Waals surface area contributed by atoms with Crippen LogP contribution in [0.4, 0.5) is 0 Å². The molecule has 0 saturated carbocycles. The molecule has 0 N–H and O–H groups in total. The van der Waals surface area contributed by atoms with Crippen LogP contribution in [0.2, 0.25) is 5.02 Å². The second-order valence-corrected chi connectivity index (χ2v) is 8.22. The average molecular weight is 429 g/mol. The molecule has 0 saturated heterocycles. The lowest BCUT2D eigenvalue weighted by atomic mass is 10.2. The zero-order valence-corrected chi connectivity index (χ0v) is 17.7. The van der Waals surface area contributed by atoms with Gasteiger partial charge in [-0.05, 0) is 24.3 Å². The third kappa shape index (κ3) is 3.92. The highest BCUT2D eigenvalue weighted by Gasteiger charge is 2.14. The Morgan fingerprint density at radius 2 is 2.00 bits per heavy atom. The number of thioether (sulfide) groups is 1. The van der Waals surface area contributed by atoms with Crippen molar-refractivity contribution in [1.29, 1.82) is 0 Å². The molecule has 4 rings (SSSR count). The van der Waals surface area contributed by atoms with Crippen molar-refractivity contribution in [1.82, 2.24) is 19.7 Å². The number of halogens is 1. The molecule has 0 radical (unpaired) electrons. The zero-order valence-electron chi connectivity index (χ0n) is 15.3. The maximum atomic E-state index is 6.29. The Balaban J connectivity index is 1.49. The minimum atomic E-state index is 0.664. The van der Waals surface area contributed by atoms with Crippen LogP contribution in [0.1, 0.15) is 5.69 Å². The van der Waals surface area contributed by atoms with Crippen molar-refractivity contribution < 1.29 is 4.74 Å². The molecule has 0 fully saturated rings. The van der Waals surface area contributed by atoms with Gasteiger partial charge in [-0.15, -0.1) is 21.5 Å². The summed E-state index contributed by atoms with van der Waals surface area (Å²) in [6.45, 7) is 0. The first-order valence-corrected chi connectivity index (χ1v) is 10.8. The summed E-state index contributed by atoms with van der Waals surface area (Å²) in [6.07, 6.45) is 0. The first-order chi connectivity index (χ1) is 13.7. The summed E-state index contributed by atoms with van der Waals surface area (Å²) < 4.78 is 7.25. The third-order valence-electron chi connectivity index (χ3n) is 4.17. The van der Waals surface area contributed by atoms with E-state index in [2.05, 4.69) is 15.6 Å². The highest BCUT2D eigenvalue weighted by molar-refractivity contribution is 7.98. The molecule has 0 unspecified atom stereocenters. The topological polar surface area (TPSA) is 52.8 Å². The van der Waals surface area contributed by atoms with Crippen LogP contribution in [0.3, 0.4) is 0 Å². The first-order valence-electron chi connectivity index (χ1n) is 8.51. The first kappa shape index (κ1) is 19.0. The van der Waals surface area contributed by atoms with Crippen molar-refractivity contribution in [2.24, 2.45) is 7.05 Å². The minimum Gasteiger partial charge on any atom is -0.497 e. The lowest BCUT2D eigenvalue weighted by Crippen LogP contribution is -1.95. The Kier molecular flexibility index (Phi) is 5.66. The molecule has 0 aliphatic rings. The molecule has 2 aromatic heterocycles. The van der Waals surface area contributed by atoms with Crippen molar-refractivity contribution in [2.45, 2.75) is 10.9 Å². The number of hydrogen-bond donors (Lipinski definition) is 0. The van der Waals surface area contributed by atoms with E-state index in [1.54, 1.807) is 30.2 Å². The molecule has 5 nitrogen and oxygen atoms in total. The van der Waals surface area contributed by atoms with Crippen molar-refractivity contribution in [3.8, 4) is 27.7 Å². The van der Waals surface area contributed by atoms with Gasteiger partial charge in [0.1, 0.15) is 10.8 Å². The van der Waals surface area contributed by atoms with Crippen LogP contribution in [0.25, 0.3) is 22.0 Å². The van der Waals surface area contributed by atoms with Crippen molar-refractivity contribution in [2.75, 3.05) is 7.11 Å². The van der Waals surface area contributed by atoms with Crippen LogP contribution in [-0.2, 0) is 12.8 Å². The molecule has 2 aromatic carbocycles. The lowest BCUT2D eigenvalue weighted by Gasteiger charge is -2.04. The number of hydrogen-bond acceptors (Lipinski definition) is 6. The largest absolute Gasteiger partial charge is 0.497 e. The quantitative estimate of drug-likeness (QED) is 0.376. The van der Waals surface area contributed by atoms with E-state index in [0.29, 0.717) is 5.02 Å². The van der Waals surface area contributed by atoms with Crippen LogP contribution >= 0.6 is 34.7 Å². The fraction of sp³-hybridized carbons (Fsp3) is 0.150. The molecule has 4 aromatic rings. The van der Waals surface area contributed by atoms with Gasteiger partial charge in [0.25, 0.3) is 0 Å². The Bertz CT molecular complexity index is 1110. The summed E-state index contributed by atoms with van der Waals surface area (Å²) in [6, 6.07) is 15.6. The van der Waals surface area contributed by atoms with Gasteiger partial charge in [-0.1, -0.05) is 47.6 Å². The fourth-order valence-corrected chi connectivity index (χ4v) is 4.66. The van der Waals surface area contributed by atoms with Crippen LogP contribution in [0.5, 0.6) is 5.75 Å². The van der Waals surface area contributed by atoms with E-state index < -0.39 is 0 Å². The number of nitrogens with zero attached hydrogens (tertiary/aromatic N) is 4. The standard InChI is InChI=1S/C20H17ClN4OS2/c1-25-18(16-8-3-4-9-17(16)21)23-24-20(25)28-12-14-11-27-19(22-14)13-6-5-7-15(10-13)26-2/h3-11H,12H2,1-2H3. The van der Waals surface area contributed by atoms with Crippen LogP contribution in [0, 0.1) is 0 Å². The van der Waals surface area contributed by atoms with Gasteiger partial charge in [-0.2, -0.15) is 0 Å². The summed E-state index contributed by atoms with van der Waals surface area (Å²) >= 11 is 9.52. The predicted octanol–water partition coefficient (Wildman–Crippen LogP) is 5.56. The number of ether oxygens (including phenoxy) is 1. The molecular formula is C20H17ClN4OS2. The molecule has 0 atom stereocenters. The van der Waals surface area contributed by atoms with E-state index in [4.69, 9.17) is 21.3 Å². The number of thiazole rings is 1. The van der Waals surface area contributed by atoms with Gasteiger partial charge in [0, 0.05) is 29.3 Å². The van der Waals surface area contributed by atoms with E-state index >= 15 is 0 Å². The fourth-order valence-electron chi connectivity index (χ4n) is 2.72. The van der Waals surface area contributed by atoms with E-state index in [1.165, 1.54) is 0 Å². The highest BCUT2D eigenvalue weighted by Crippen LogP contribution is 2.31. The third-order valence-corrected chi connectivity index (χ3v) is 6.49. The van der Waals surface area contributed by atoms with Crippen LogP contribution in [-0.4, -0.2) is 26.9 Å². The molecule has 0 amide bonds. The molecule has 8 heteroatoms. The maximum absolute atomic E-state index is 6.29. The zero-order chi connectivity index (χ0) is 19.5. The smallest absolute Gasteiger partial charge is 0.191 e. The second-order valence-electron chi connectivity index (χ2n) is 6.01. The van der Waals surface area contributed by atoms with Crippen molar-refractivity contribution in [3.63, 3.8) is 0 Å². The minimum absolute atomic E-state index is 0.664. The maximum Gasteiger partial charge on any atom is 0.191 e. The molecule has 2 heterocycles. The summed E-state index contributed by atoms with van der Waals surface area (Å²) in [5.41, 5.74) is 2.94. The Morgan fingerprint density at radius 1 is 1.14 bits per heavy atom. The van der Waals surface area contributed by atoms with E-state index in [1.807, 2.05) is 60.1 Å². The normalized spacial score (nSPS) is 11.0. The Labute approximate surface area is 176 Å². The molecule has 28 heavy (non-hydrogen) atoms. The predicted molar refractivity (Wildman–Crippen MR) is 115 cm³/mol. The summed E-state index contributed by atoms with van der Waals surface area (Å²) in [5, 5.41) is 13.2. The van der Waals surface area contributed by atoms with Gasteiger partial charge in [-0.3, -0.25) is 0 Å². The van der Waals surface area contributed by atoms with Crippen molar-refractivity contribution >= 4 is 34.7 Å². The Hall–Kier alpha value is -2.35. The van der Waals surface area contributed by atoms with Gasteiger partial charge in [-0.25, -0.2) is 4.98 Å². The van der Waals surface area contributed by atoms with Gasteiger partial charge in [0.15, 0.2) is 11.0 Å². The van der Waals surface area contributed by atoms with Gasteiger partial charge < -0.3 is 9.30 Å². The molecule has 0 spiro atoms. The molecular weight excluding hydrogens is 412 g/mol. The number of rotatable bonds is 6. The molecule has 0 aliphatic carbocycles. The number of aromatic nitrogens is 4. The number of benzene rings is 2. The number of methoxy groups -OCH3 is 1. The van der Waals surface area contributed by atoms with E-state index in [-0.39, 0.29) is 0 Å². The van der Waals surface area contributed by atoms with Gasteiger partial charge >= 0.3 is 0 Å².